The standard InChI is InChI=1S/C15H22BrClFNO2/c1-3-7-19-13(6-8-21-10-9-20-2)11-4-5-12(16)14(17)15(11)18/h4-5,13,19H,3,6-10H2,1-2H3. The summed E-state index contributed by atoms with van der Waals surface area (Å²) >= 11 is 9.20. The van der Waals surface area contributed by atoms with Gasteiger partial charge in [-0.25, -0.2) is 4.39 Å². The van der Waals surface area contributed by atoms with Crippen LogP contribution in [0.5, 0.6) is 0 Å². The number of hydrogen-bond donors (Lipinski definition) is 1. The molecule has 0 saturated heterocycles. The third-order valence-corrected chi connectivity index (χ3v) is 4.32. The fourth-order valence-electron chi connectivity index (χ4n) is 1.94. The second-order valence-electron chi connectivity index (χ2n) is 4.67. The molecular formula is C15H22BrClFNO2. The molecule has 1 aromatic carbocycles. The summed E-state index contributed by atoms with van der Waals surface area (Å²) in [6.07, 6.45) is 1.66. The van der Waals surface area contributed by atoms with E-state index in [9.17, 15) is 4.39 Å². The molecule has 0 aliphatic rings. The molecule has 1 rings (SSSR count). The van der Waals surface area contributed by atoms with Crippen molar-refractivity contribution in [3.63, 3.8) is 0 Å². The quantitative estimate of drug-likeness (QED) is 0.482. The van der Waals surface area contributed by atoms with Crippen molar-refractivity contribution in [1.29, 1.82) is 0 Å². The first-order valence-corrected chi connectivity index (χ1v) is 8.22. The molecule has 0 radical (unpaired) electrons. The number of halogens is 3. The molecule has 1 aromatic rings. The lowest BCUT2D eigenvalue weighted by molar-refractivity contribution is 0.0656. The topological polar surface area (TPSA) is 30.5 Å². The number of hydrogen-bond acceptors (Lipinski definition) is 3. The van der Waals surface area contributed by atoms with Gasteiger partial charge in [-0.2, -0.15) is 0 Å². The third kappa shape index (κ3) is 6.20. The first kappa shape index (κ1) is 18.8. The van der Waals surface area contributed by atoms with Gasteiger partial charge in [-0.15, -0.1) is 0 Å². The highest BCUT2D eigenvalue weighted by molar-refractivity contribution is 9.10. The summed E-state index contributed by atoms with van der Waals surface area (Å²) in [7, 11) is 1.63. The van der Waals surface area contributed by atoms with Crippen LogP contribution in [0.3, 0.4) is 0 Å². The molecular weight excluding hydrogens is 361 g/mol. The Morgan fingerprint density at radius 2 is 2.10 bits per heavy atom. The van der Waals surface area contributed by atoms with E-state index in [-0.39, 0.29) is 16.9 Å². The first-order valence-electron chi connectivity index (χ1n) is 7.05. The molecule has 1 atom stereocenters. The fraction of sp³-hybridized carbons (Fsp3) is 0.600. The zero-order valence-electron chi connectivity index (χ0n) is 12.4. The van der Waals surface area contributed by atoms with Crippen LogP contribution in [-0.4, -0.2) is 33.5 Å². The van der Waals surface area contributed by atoms with E-state index in [0.717, 1.165) is 13.0 Å². The van der Waals surface area contributed by atoms with Gasteiger partial charge in [-0.05, 0) is 41.4 Å². The number of nitrogens with one attached hydrogen (secondary N) is 1. The molecule has 0 saturated carbocycles. The highest BCUT2D eigenvalue weighted by atomic mass is 79.9. The van der Waals surface area contributed by atoms with E-state index in [2.05, 4.69) is 28.2 Å². The Balaban J connectivity index is 2.70. The summed E-state index contributed by atoms with van der Waals surface area (Å²) in [6, 6.07) is 3.42. The summed E-state index contributed by atoms with van der Waals surface area (Å²) in [5.41, 5.74) is 0.576. The average Bonchev–Trinajstić information content (AvgIpc) is 2.48. The van der Waals surface area contributed by atoms with Gasteiger partial charge >= 0.3 is 0 Å². The minimum Gasteiger partial charge on any atom is -0.382 e. The Morgan fingerprint density at radius 3 is 2.76 bits per heavy atom. The lowest BCUT2D eigenvalue weighted by Crippen LogP contribution is -2.24. The minimum absolute atomic E-state index is 0.113. The number of ether oxygens (including phenoxy) is 2. The Labute approximate surface area is 139 Å². The molecule has 3 nitrogen and oxygen atoms in total. The number of methoxy groups -OCH3 is 1. The molecule has 120 valence electrons. The van der Waals surface area contributed by atoms with Crippen LogP contribution in [0.2, 0.25) is 5.02 Å². The van der Waals surface area contributed by atoms with Crippen LogP contribution < -0.4 is 5.32 Å². The molecule has 0 heterocycles. The van der Waals surface area contributed by atoms with Gasteiger partial charge in [0.25, 0.3) is 0 Å². The van der Waals surface area contributed by atoms with Crippen molar-refractivity contribution in [2.75, 3.05) is 33.5 Å². The van der Waals surface area contributed by atoms with Gasteiger partial charge in [0.2, 0.25) is 0 Å². The van der Waals surface area contributed by atoms with Gasteiger partial charge in [0.1, 0.15) is 5.82 Å². The van der Waals surface area contributed by atoms with Crippen LogP contribution in [0, 0.1) is 5.82 Å². The molecule has 0 fully saturated rings. The maximum atomic E-state index is 14.3. The molecule has 0 spiro atoms. The van der Waals surface area contributed by atoms with Crippen LogP contribution in [0.1, 0.15) is 31.4 Å². The lowest BCUT2D eigenvalue weighted by atomic mass is 10.0. The van der Waals surface area contributed by atoms with E-state index in [4.69, 9.17) is 21.1 Å². The molecule has 1 N–H and O–H groups in total. The SMILES string of the molecule is CCCNC(CCOCCOC)c1ccc(Br)c(Cl)c1F. The maximum Gasteiger partial charge on any atom is 0.147 e. The molecule has 21 heavy (non-hydrogen) atoms. The van der Waals surface area contributed by atoms with Crippen molar-refractivity contribution in [2.45, 2.75) is 25.8 Å². The van der Waals surface area contributed by atoms with Gasteiger partial charge < -0.3 is 14.8 Å². The zero-order chi connectivity index (χ0) is 15.7. The fourth-order valence-corrected chi connectivity index (χ4v) is 2.42. The Hall–Kier alpha value is -0.200. The van der Waals surface area contributed by atoms with Gasteiger partial charge in [0, 0.05) is 29.8 Å². The van der Waals surface area contributed by atoms with E-state index >= 15 is 0 Å². The summed E-state index contributed by atoms with van der Waals surface area (Å²) in [4.78, 5) is 0. The van der Waals surface area contributed by atoms with Crippen LogP contribution >= 0.6 is 27.5 Å². The van der Waals surface area contributed by atoms with E-state index in [1.54, 1.807) is 19.2 Å². The summed E-state index contributed by atoms with van der Waals surface area (Å²) < 4.78 is 25.3. The largest absolute Gasteiger partial charge is 0.382 e. The lowest BCUT2D eigenvalue weighted by Gasteiger charge is -2.20. The van der Waals surface area contributed by atoms with Crippen LogP contribution in [0.25, 0.3) is 0 Å². The summed E-state index contributed by atoms with van der Waals surface area (Å²) in [6.45, 7) is 4.53. The molecule has 0 aromatic heterocycles. The van der Waals surface area contributed by atoms with E-state index in [0.29, 0.717) is 36.3 Å². The molecule has 0 aliphatic heterocycles. The Kier molecular flexibility index (Phi) is 9.44. The van der Waals surface area contributed by atoms with Crippen LogP contribution in [-0.2, 0) is 9.47 Å². The molecule has 1 unspecified atom stereocenters. The van der Waals surface area contributed by atoms with Crippen molar-refractivity contribution in [2.24, 2.45) is 0 Å². The van der Waals surface area contributed by atoms with Crippen molar-refractivity contribution in [3.8, 4) is 0 Å². The Morgan fingerprint density at radius 1 is 1.33 bits per heavy atom. The van der Waals surface area contributed by atoms with Crippen molar-refractivity contribution in [1.82, 2.24) is 5.32 Å². The van der Waals surface area contributed by atoms with Crippen LogP contribution in [0.4, 0.5) is 4.39 Å². The number of rotatable bonds is 10. The minimum atomic E-state index is -0.378. The van der Waals surface area contributed by atoms with Gasteiger partial charge in [-0.3, -0.25) is 0 Å². The van der Waals surface area contributed by atoms with Gasteiger partial charge in [0.05, 0.1) is 18.2 Å². The molecule has 6 heteroatoms. The summed E-state index contributed by atoms with van der Waals surface area (Å²) in [5, 5.41) is 3.46. The highest BCUT2D eigenvalue weighted by Crippen LogP contribution is 2.31. The van der Waals surface area contributed by atoms with Gasteiger partial charge in [-0.1, -0.05) is 24.6 Å². The normalized spacial score (nSPS) is 12.6. The maximum absolute atomic E-state index is 14.3. The molecule has 0 aliphatic carbocycles. The second kappa shape index (κ2) is 10.5. The first-order chi connectivity index (χ1) is 10.1. The summed E-state index contributed by atoms with van der Waals surface area (Å²) in [5.74, 6) is -0.378. The van der Waals surface area contributed by atoms with E-state index in [1.165, 1.54) is 0 Å². The smallest absolute Gasteiger partial charge is 0.147 e. The van der Waals surface area contributed by atoms with E-state index in [1.807, 2.05) is 0 Å². The average molecular weight is 383 g/mol. The van der Waals surface area contributed by atoms with E-state index < -0.39 is 0 Å². The van der Waals surface area contributed by atoms with Gasteiger partial charge in [0.15, 0.2) is 0 Å². The predicted molar refractivity (Wildman–Crippen MR) is 87.5 cm³/mol. The Bertz CT molecular complexity index is 434. The molecule has 0 amide bonds. The third-order valence-electron chi connectivity index (χ3n) is 3.06. The molecule has 0 bridgehead atoms. The van der Waals surface area contributed by atoms with Crippen molar-refractivity contribution < 1.29 is 13.9 Å². The predicted octanol–water partition coefficient (Wildman–Crippen LogP) is 4.34. The highest BCUT2D eigenvalue weighted by Gasteiger charge is 2.18. The number of benzene rings is 1. The second-order valence-corrected chi connectivity index (χ2v) is 5.90. The van der Waals surface area contributed by atoms with Crippen molar-refractivity contribution >= 4 is 27.5 Å². The van der Waals surface area contributed by atoms with Crippen molar-refractivity contribution in [3.05, 3.63) is 33.0 Å². The monoisotopic (exact) mass is 381 g/mol. The zero-order valence-corrected chi connectivity index (χ0v) is 14.8. The van der Waals surface area contributed by atoms with Crippen LogP contribution in [0.15, 0.2) is 16.6 Å².